The molecule has 1 aliphatic rings. The SMILES string of the molecule is CC(=O)NC1=NC(=O)/C(=C\c2ccc(-c3ccccc3C(=O)[O-])o2)S1. The summed E-state index contributed by atoms with van der Waals surface area (Å²) in [5.41, 5.74) is 0.395. The summed E-state index contributed by atoms with van der Waals surface area (Å²) in [4.78, 5) is 38.0. The number of amides is 2. The first kappa shape index (κ1) is 16.7. The molecular weight excluding hydrogens is 344 g/mol. The third kappa shape index (κ3) is 3.69. The van der Waals surface area contributed by atoms with E-state index in [0.717, 1.165) is 11.8 Å². The smallest absolute Gasteiger partial charge is 0.286 e. The van der Waals surface area contributed by atoms with Crippen molar-refractivity contribution in [3.63, 3.8) is 0 Å². The zero-order chi connectivity index (χ0) is 18.0. The number of thioether (sulfide) groups is 1. The quantitative estimate of drug-likeness (QED) is 0.833. The minimum absolute atomic E-state index is 0.0126. The zero-order valence-corrected chi connectivity index (χ0v) is 13.8. The Kier molecular flexibility index (Phi) is 4.53. The monoisotopic (exact) mass is 355 g/mol. The van der Waals surface area contributed by atoms with Crippen molar-refractivity contribution in [1.82, 2.24) is 5.32 Å². The van der Waals surface area contributed by atoms with E-state index in [1.807, 2.05) is 0 Å². The molecule has 0 radical (unpaired) electrons. The van der Waals surface area contributed by atoms with Crippen molar-refractivity contribution < 1.29 is 23.9 Å². The standard InChI is InChI=1S/C17H12N2O5S/c1-9(20)18-17-19-15(21)14(25-17)8-10-6-7-13(24-10)11-4-2-3-5-12(11)16(22)23/h2-8H,1H3,(H,22,23)(H,18,19,20,21)/p-1/b14-8+. The number of hydrogen-bond acceptors (Lipinski definition) is 6. The lowest BCUT2D eigenvalue weighted by molar-refractivity contribution is -0.255. The van der Waals surface area contributed by atoms with Crippen LogP contribution in [0.2, 0.25) is 0 Å². The Morgan fingerprint density at radius 1 is 1.24 bits per heavy atom. The molecule has 3 rings (SSSR count). The minimum atomic E-state index is -1.30. The van der Waals surface area contributed by atoms with Crippen LogP contribution in [0.15, 0.2) is 50.7 Å². The lowest BCUT2D eigenvalue weighted by Gasteiger charge is -2.07. The topological polar surface area (TPSA) is 112 Å². The first-order chi connectivity index (χ1) is 11.9. The average molecular weight is 355 g/mol. The normalized spacial score (nSPS) is 15.3. The van der Waals surface area contributed by atoms with Crippen LogP contribution in [0.3, 0.4) is 0 Å². The number of carboxylic acids is 1. The number of aliphatic imine (C=N–C) groups is 1. The summed E-state index contributed by atoms with van der Waals surface area (Å²) in [6.07, 6.45) is 1.48. The molecule has 2 aromatic rings. The Bertz CT molecular complexity index is 942. The van der Waals surface area contributed by atoms with Crippen LogP contribution < -0.4 is 10.4 Å². The van der Waals surface area contributed by atoms with Gasteiger partial charge in [-0.25, -0.2) is 0 Å². The van der Waals surface area contributed by atoms with E-state index in [-0.39, 0.29) is 21.5 Å². The number of benzene rings is 1. The van der Waals surface area contributed by atoms with Gasteiger partial charge >= 0.3 is 0 Å². The van der Waals surface area contributed by atoms with Gasteiger partial charge in [0, 0.05) is 24.1 Å². The average Bonchev–Trinajstić information content (AvgIpc) is 3.14. The van der Waals surface area contributed by atoms with Crippen molar-refractivity contribution in [3.8, 4) is 11.3 Å². The molecule has 8 heteroatoms. The first-order valence-electron chi connectivity index (χ1n) is 7.15. The van der Waals surface area contributed by atoms with Gasteiger partial charge < -0.3 is 19.6 Å². The molecule has 1 aromatic carbocycles. The van der Waals surface area contributed by atoms with Gasteiger partial charge in [0.1, 0.15) is 11.5 Å². The van der Waals surface area contributed by atoms with Crippen molar-refractivity contribution in [2.24, 2.45) is 4.99 Å². The van der Waals surface area contributed by atoms with E-state index in [0.29, 0.717) is 17.1 Å². The van der Waals surface area contributed by atoms with E-state index in [1.165, 1.54) is 19.1 Å². The van der Waals surface area contributed by atoms with Gasteiger partial charge in [-0.15, -0.1) is 0 Å². The number of aromatic carboxylic acids is 1. The molecule has 0 unspecified atom stereocenters. The third-order valence-electron chi connectivity index (χ3n) is 3.22. The molecule has 0 saturated heterocycles. The maximum atomic E-state index is 11.8. The van der Waals surface area contributed by atoms with Crippen LogP contribution in [0.25, 0.3) is 17.4 Å². The second kappa shape index (κ2) is 6.78. The molecule has 7 nitrogen and oxygen atoms in total. The number of carbonyl (C=O) groups excluding carboxylic acids is 3. The summed E-state index contributed by atoms with van der Waals surface area (Å²) in [6, 6.07) is 9.53. The number of rotatable bonds is 3. The molecule has 0 saturated carbocycles. The molecule has 0 atom stereocenters. The highest BCUT2D eigenvalue weighted by Gasteiger charge is 2.23. The molecule has 2 amide bonds. The summed E-state index contributed by atoms with van der Waals surface area (Å²) in [7, 11) is 0. The van der Waals surface area contributed by atoms with Gasteiger partial charge in [0.2, 0.25) is 5.91 Å². The van der Waals surface area contributed by atoms with Crippen LogP contribution in [0, 0.1) is 0 Å². The molecule has 0 bridgehead atoms. The summed E-state index contributed by atoms with van der Waals surface area (Å²) in [5.74, 6) is -1.41. The van der Waals surface area contributed by atoms with Crippen LogP contribution >= 0.6 is 11.8 Å². The molecular formula is C17H11N2O5S-. The molecule has 1 aliphatic heterocycles. The number of nitrogens with zero attached hydrogens (tertiary/aromatic N) is 1. The number of carbonyl (C=O) groups is 3. The Balaban J connectivity index is 1.85. The van der Waals surface area contributed by atoms with Crippen molar-refractivity contribution in [3.05, 3.63) is 52.6 Å². The number of furan rings is 1. The zero-order valence-electron chi connectivity index (χ0n) is 12.9. The van der Waals surface area contributed by atoms with Gasteiger partial charge in [0.15, 0.2) is 5.17 Å². The second-order valence-electron chi connectivity index (χ2n) is 5.05. The second-order valence-corrected chi connectivity index (χ2v) is 6.08. The van der Waals surface area contributed by atoms with Crippen LogP contribution in [0.1, 0.15) is 23.0 Å². The summed E-state index contributed by atoms with van der Waals surface area (Å²) in [5, 5.41) is 13.8. The van der Waals surface area contributed by atoms with Gasteiger partial charge in [-0.1, -0.05) is 24.3 Å². The lowest BCUT2D eigenvalue weighted by Crippen LogP contribution is -2.23. The largest absolute Gasteiger partial charge is 0.545 e. The number of nitrogens with one attached hydrogen (secondary N) is 1. The van der Waals surface area contributed by atoms with E-state index < -0.39 is 11.9 Å². The molecule has 1 aromatic heterocycles. The highest BCUT2D eigenvalue weighted by atomic mass is 32.2. The van der Waals surface area contributed by atoms with Crippen LogP contribution in [0.4, 0.5) is 0 Å². The maximum absolute atomic E-state index is 11.8. The van der Waals surface area contributed by atoms with Crippen molar-refractivity contribution >= 4 is 40.8 Å². The minimum Gasteiger partial charge on any atom is -0.545 e. The highest BCUT2D eigenvalue weighted by Crippen LogP contribution is 2.30. The van der Waals surface area contributed by atoms with Gasteiger partial charge in [-0.05, 0) is 23.9 Å². The van der Waals surface area contributed by atoms with Gasteiger partial charge in [-0.3, -0.25) is 9.59 Å². The number of carboxylic acid groups (broad SMARTS) is 1. The lowest BCUT2D eigenvalue weighted by atomic mass is 10.1. The Hall–Kier alpha value is -3.13. The van der Waals surface area contributed by atoms with E-state index in [1.54, 1.807) is 30.3 Å². The first-order valence-corrected chi connectivity index (χ1v) is 7.96. The Morgan fingerprint density at radius 2 is 2.00 bits per heavy atom. The Morgan fingerprint density at radius 3 is 2.72 bits per heavy atom. The molecule has 0 fully saturated rings. The van der Waals surface area contributed by atoms with E-state index in [4.69, 9.17) is 4.42 Å². The molecule has 2 heterocycles. The molecule has 0 spiro atoms. The van der Waals surface area contributed by atoms with Gasteiger partial charge in [0.05, 0.1) is 10.9 Å². The summed E-state index contributed by atoms with van der Waals surface area (Å²) >= 11 is 1.02. The molecule has 25 heavy (non-hydrogen) atoms. The fraction of sp³-hybridized carbons (Fsp3) is 0.0588. The van der Waals surface area contributed by atoms with Crippen LogP contribution in [-0.4, -0.2) is 23.0 Å². The van der Waals surface area contributed by atoms with E-state index in [2.05, 4.69) is 10.3 Å². The molecule has 1 N–H and O–H groups in total. The predicted molar refractivity (Wildman–Crippen MR) is 90.3 cm³/mol. The maximum Gasteiger partial charge on any atom is 0.286 e. The Labute approximate surface area is 146 Å². The summed E-state index contributed by atoms with van der Waals surface area (Å²) < 4.78 is 5.62. The van der Waals surface area contributed by atoms with E-state index >= 15 is 0 Å². The van der Waals surface area contributed by atoms with Crippen molar-refractivity contribution in [2.75, 3.05) is 0 Å². The highest BCUT2D eigenvalue weighted by molar-refractivity contribution is 8.18. The molecule has 0 aliphatic carbocycles. The van der Waals surface area contributed by atoms with Crippen LogP contribution in [-0.2, 0) is 9.59 Å². The van der Waals surface area contributed by atoms with E-state index in [9.17, 15) is 19.5 Å². The van der Waals surface area contributed by atoms with Gasteiger partial charge in [-0.2, -0.15) is 4.99 Å². The van der Waals surface area contributed by atoms with Gasteiger partial charge in [0.25, 0.3) is 5.91 Å². The van der Waals surface area contributed by atoms with Crippen LogP contribution in [0.5, 0.6) is 0 Å². The van der Waals surface area contributed by atoms with Crippen molar-refractivity contribution in [2.45, 2.75) is 6.92 Å². The number of hydrogen-bond donors (Lipinski definition) is 1. The predicted octanol–water partition coefficient (Wildman–Crippen LogP) is 1.42. The number of amidine groups is 1. The fourth-order valence-corrected chi connectivity index (χ4v) is 3.03. The fourth-order valence-electron chi connectivity index (χ4n) is 2.19. The third-order valence-corrected chi connectivity index (χ3v) is 4.12. The summed E-state index contributed by atoms with van der Waals surface area (Å²) in [6.45, 7) is 1.32. The van der Waals surface area contributed by atoms with Crippen molar-refractivity contribution in [1.29, 1.82) is 0 Å². The molecule has 126 valence electrons.